The van der Waals surface area contributed by atoms with E-state index in [4.69, 9.17) is 11.6 Å². The summed E-state index contributed by atoms with van der Waals surface area (Å²) in [6.07, 6.45) is 7.44. The number of anilines is 1. The molecule has 29 heavy (non-hydrogen) atoms. The molecule has 2 saturated heterocycles. The van der Waals surface area contributed by atoms with Crippen LogP contribution < -0.4 is 4.90 Å². The second-order valence-electron chi connectivity index (χ2n) is 8.15. The third-order valence-electron chi connectivity index (χ3n) is 6.41. The molecule has 4 nitrogen and oxygen atoms in total. The number of aliphatic hydroxyl groups excluding tert-OH is 1. The number of aliphatic hydroxyl groups is 1. The number of piperidine rings is 1. The van der Waals surface area contributed by atoms with Crippen LogP contribution in [0.1, 0.15) is 37.4 Å². The zero-order valence-electron chi connectivity index (χ0n) is 16.2. The monoisotopic (exact) mass is 405 g/mol. The van der Waals surface area contributed by atoms with Crippen LogP contribution in [0.4, 0.5) is 5.95 Å². The number of benzene rings is 2. The van der Waals surface area contributed by atoms with Gasteiger partial charge in [0.15, 0.2) is 0 Å². The van der Waals surface area contributed by atoms with Gasteiger partial charge in [-0.25, -0.2) is 9.97 Å². The number of aromatic nitrogens is 2. The van der Waals surface area contributed by atoms with Gasteiger partial charge in [0.1, 0.15) is 0 Å². The number of halogens is 1. The zero-order valence-corrected chi connectivity index (χ0v) is 16.9. The van der Waals surface area contributed by atoms with Crippen molar-refractivity contribution in [2.45, 2.75) is 43.9 Å². The Labute approximate surface area is 176 Å². The lowest BCUT2D eigenvalue weighted by atomic mass is 9.83. The highest BCUT2D eigenvalue weighted by Crippen LogP contribution is 2.44. The Morgan fingerprint density at radius 3 is 2.24 bits per heavy atom. The van der Waals surface area contributed by atoms with Gasteiger partial charge in [-0.2, -0.15) is 0 Å². The van der Waals surface area contributed by atoms with E-state index in [1.54, 1.807) is 0 Å². The van der Waals surface area contributed by atoms with Crippen LogP contribution in [0.3, 0.4) is 0 Å². The molecular formula is C24H24ClN3O. The van der Waals surface area contributed by atoms with Gasteiger partial charge in [-0.1, -0.05) is 48.0 Å². The standard InChI is InChI=1S/C24H24ClN3O/c25-20-4-1-3-18(13-20)16-5-7-17(8-6-16)23(29)19-14-21-9-10-22(15-19)28(21)24-26-11-2-12-27-24/h1-8,11-13,19,21-23,29H,9-10,14-15H2. The molecule has 2 bridgehead atoms. The summed E-state index contributed by atoms with van der Waals surface area (Å²) in [5.74, 6) is 1.10. The first-order chi connectivity index (χ1) is 14.2. The van der Waals surface area contributed by atoms with Crippen LogP contribution in [0.15, 0.2) is 67.0 Å². The normalized spacial score (nSPS) is 24.5. The average molecular weight is 406 g/mol. The molecule has 0 amide bonds. The third-order valence-corrected chi connectivity index (χ3v) is 6.64. The molecule has 2 fully saturated rings. The van der Waals surface area contributed by atoms with E-state index in [2.05, 4.69) is 45.2 Å². The summed E-state index contributed by atoms with van der Waals surface area (Å²) in [6, 6.07) is 18.8. The van der Waals surface area contributed by atoms with Gasteiger partial charge in [0.2, 0.25) is 5.95 Å². The molecule has 2 aliphatic heterocycles. The summed E-state index contributed by atoms with van der Waals surface area (Å²) >= 11 is 6.11. The molecule has 5 rings (SSSR count). The number of hydrogen-bond acceptors (Lipinski definition) is 4. The first-order valence-corrected chi connectivity index (χ1v) is 10.7. The van der Waals surface area contributed by atoms with E-state index in [9.17, 15) is 5.11 Å². The molecule has 0 aliphatic carbocycles. The minimum absolute atomic E-state index is 0.268. The quantitative estimate of drug-likeness (QED) is 0.641. The highest BCUT2D eigenvalue weighted by Gasteiger charge is 2.44. The Bertz CT molecular complexity index is 965. The molecule has 3 aromatic rings. The van der Waals surface area contributed by atoms with Crippen LogP contribution >= 0.6 is 11.6 Å². The fourth-order valence-electron chi connectivity index (χ4n) is 5.04. The van der Waals surface area contributed by atoms with Crippen molar-refractivity contribution in [3.8, 4) is 11.1 Å². The molecule has 148 valence electrons. The van der Waals surface area contributed by atoms with E-state index in [0.717, 1.165) is 53.3 Å². The Morgan fingerprint density at radius 1 is 0.897 bits per heavy atom. The Morgan fingerprint density at radius 2 is 1.59 bits per heavy atom. The predicted molar refractivity (Wildman–Crippen MR) is 116 cm³/mol. The second kappa shape index (κ2) is 7.77. The molecule has 0 spiro atoms. The van der Waals surface area contributed by atoms with E-state index < -0.39 is 6.10 Å². The molecule has 1 aromatic heterocycles. The minimum Gasteiger partial charge on any atom is -0.388 e. The smallest absolute Gasteiger partial charge is 0.225 e. The minimum atomic E-state index is -0.439. The number of nitrogens with zero attached hydrogens (tertiary/aromatic N) is 3. The summed E-state index contributed by atoms with van der Waals surface area (Å²) in [5, 5.41) is 11.8. The van der Waals surface area contributed by atoms with Crippen molar-refractivity contribution >= 4 is 17.5 Å². The lowest BCUT2D eigenvalue weighted by Gasteiger charge is -2.40. The number of hydrogen-bond donors (Lipinski definition) is 1. The van der Waals surface area contributed by atoms with Crippen molar-refractivity contribution in [1.29, 1.82) is 0 Å². The van der Waals surface area contributed by atoms with Crippen LogP contribution in [0.2, 0.25) is 5.02 Å². The Hall–Kier alpha value is -2.43. The van der Waals surface area contributed by atoms with Crippen LogP contribution in [-0.4, -0.2) is 27.2 Å². The first-order valence-electron chi connectivity index (χ1n) is 10.3. The van der Waals surface area contributed by atoms with Gasteiger partial charge in [0.25, 0.3) is 0 Å². The Balaban J connectivity index is 1.31. The topological polar surface area (TPSA) is 49.2 Å². The first kappa shape index (κ1) is 18.6. The summed E-state index contributed by atoms with van der Waals surface area (Å²) in [5.41, 5.74) is 3.19. The molecule has 0 radical (unpaired) electrons. The molecule has 0 saturated carbocycles. The number of fused-ring (bicyclic) bond motifs is 2. The maximum Gasteiger partial charge on any atom is 0.225 e. The van der Waals surface area contributed by atoms with Gasteiger partial charge >= 0.3 is 0 Å². The van der Waals surface area contributed by atoms with E-state index >= 15 is 0 Å². The fraction of sp³-hybridized carbons (Fsp3) is 0.333. The van der Waals surface area contributed by atoms with Crippen molar-refractivity contribution in [2.75, 3.05) is 4.90 Å². The second-order valence-corrected chi connectivity index (χ2v) is 8.59. The van der Waals surface area contributed by atoms with Crippen LogP contribution in [0.25, 0.3) is 11.1 Å². The SMILES string of the molecule is OC(c1ccc(-c2cccc(Cl)c2)cc1)C1CC2CCC(C1)N2c1ncccn1. The molecule has 1 N–H and O–H groups in total. The lowest BCUT2D eigenvalue weighted by Crippen LogP contribution is -2.45. The molecule has 5 heteroatoms. The summed E-state index contributed by atoms with van der Waals surface area (Å²) in [6.45, 7) is 0. The van der Waals surface area contributed by atoms with Crippen LogP contribution in [-0.2, 0) is 0 Å². The van der Waals surface area contributed by atoms with Crippen molar-refractivity contribution in [2.24, 2.45) is 5.92 Å². The van der Waals surface area contributed by atoms with E-state index in [1.807, 2.05) is 36.7 Å². The van der Waals surface area contributed by atoms with E-state index in [0.29, 0.717) is 12.1 Å². The average Bonchev–Trinajstić information content (AvgIpc) is 3.03. The van der Waals surface area contributed by atoms with Gasteiger partial charge in [0, 0.05) is 29.5 Å². The van der Waals surface area contributed by atoms with Crippen molar-refractivity contribution in [3.05, 3.63) is 77.6 Å². The van der Waals surface area contributed by atoms with E-state index in [-0.39, 0.29) is 5.92 Å². The predicted octanol–water partition coefficient (Wildman–Crippen LogP) is 5.28. The van der Waals surface area contributed by atoms with E-state index in [1.165, 1.54) is 0 Å². The molecule has 3 heterocycles. The lowest BCUT2D eigenvalue weighted by molar-refractivity contribution is 0.0824. The number of rotatable bonds is 4. The molecular weight excluding hydrogens is 382 g/mol. The van der Waals surface area contributed by atoms with Gasteiger partial charge in [-0.05, 0) is 66.5 Å². The van der Waals surface area contributed by atoms with Gasteiger partial charge < -0.3 is 10.0 Å². The van der Waals surface area contributed by atoms with Crippen LogP contribution in [0, 0.1) is 5.92 Å². The van der Waals surface area contributed by atoms with Crippen LogP contribution in [0.5, 0.6) is 0 Å². The van der Waals surface area contributed by atoms with Gasteiger partial charge in [-0.15, -0.1) is 0 Å². The fourth-order valence-corrected chi connectivity index (χ4v) is 5.23. The van der Waals surface area contributed by atoms with Crippen molar-refractivity contribution in [3.63, 3.8) is 0 Å². The summed E-state index contributed by atoms with van der Waals surface area (Å²) < 4.78 is 0. The molecule has 3 unspecified atom stereocenters. The highest BCUT2D eigenvalue weighted by atomic mass is 35.5. The molecule has 3 atom stereocenters. The molecule has 2 aromatic carbocycles. The van der Waals surface area contributed by atoms with Gasteiger partial charge in [-0.3, -0.25) is 0 Å². The van der Waals surface area contributed by atoms with Crippen molar-refractivity contribution in [1.82, 2.24) is 9.97 Å². The molecule has 2 aliphatic rings. The maximum atomic E-state index is 11.1. The largest absolute Gasteiger partial charge is 0.388 e. The summed E-state index contributed by atoms with van der Waals surface area (Å²) in [4.78, 5) is 11.3. The Kier molecular flexibility index (Phi) is 4.98. The summed E-state index contributed by atoms with van der Waals surface area (Å²) in [7, 11) is 0. The van der Waals surface area contributed by atoms with Crippen molar-refractivity contribution < 1.29 is 5.11 Å². The maximum absolute atomic E-state index is 11.1. The highest BCUT2D eigenvalue weighted by molar-refractivity contribution is 6.30. The third kappa shape index (κ3) is 3.63. The zero-order chi connectivity index (χ0) is 19.8. The van der Waals surface area contributed by atoms with Gasteiger partial charge in [0.05, 0.1) is 6.10 Å².